The van der Waals surface area contributed by atoms with Crippen LogP contribution in [-0.4, -0.2) is 7.18 Å². The summed E-state index contributed by atoms with van der Waals surface area (Å²) in [5.74, 6) is 0. The van der Waals surface area contributed by atoms with Crippen LogP contribution in [-0.2, 0) is 131 Å². The molecule has 4 radical (unpaired) electrons. The minimum atomic E-state index is 0. The first kappa shape index (κ1) is 69.8. The van der Waals surface area contributed by atoms with Crippen molar-refractivity contribution in [2.75, 3.05) is 7.18 Å². The first-order valence-corrected chi connectivity index (χ1v) is 3.27. The third-order valence-corrected chi connectivity index (χ3v) is 0.707. The Balaban J connectivity index is -0.00000000475. The number of alkyl halides is 1. The van der Waals surface area contributed by atoms with E-state index in [4.69, 9.17) is 0 Å². The number of terminal acetylenes is 1. The molecule has 0 fully saturated rings. The van der Waals surface area contributed by atoms with Gasteiger partial charge in [-0.05, 0) is 0 Å². The molecule has 0 N–H and O–H groups in total. The van der Waals surface area contributed by atoms with Crippen LogP contribution in [0.4, 0.5) is 8.78 Å². The Morgan fingerprint density at radius 3 is 1.00 bits per heavy atom. The van der Waals surface area contributed by atoms with Crippen molar-refractivity contribution in [3.63, 3.8) is 0 Å². The fourth-order valence-corrected chi connectivity index (χ4v) is 0.354. The average molecular weight is 553 g/mol. The van der Waals surface area contributed by atoms with E-state index in [9.17, 15) is 8.78 Å². The van der Waals surface area contributed by atoms with Gasteiger partial charge in [-0.15, -0.1) is 4.39 Å². The number of hydrogen-bond donors (Lipinski definition) is 0. The first-order valence-electron chi connectivity index (χ1n) is 3.27. The van der Waals surface area contributed by atoms with Gasteiger partial charge >= 0.3 is 0 Å². The third-order valence-electron chi connectivity index (χ3n) is 0.707. The van der Waals surface area contributed by atoms with E-state index in [-0.39, 0.29) is 153 Å². The molecule has 0 heterocycles. The smallest absolute Gasteiger partial charge is 0.102 e. The molecule has 17 heavy (non-hydrogen) atoms. The number of unbranched alkanes of at least 4 members (excludes halogenated alkanes) is 2. The van der Waals surface area contributed by atoms with Crippen LogP contribution in [0.25, 0.3) is 0 Å². The second-order valence-electron chi connectivity index (χ2n) is 1.46. The molecular weight excluding hydrogens is 526 g/mol. The van der Waals surface area contributed by atoms with E-state index >= 15 is 0 Å². The van der Waals surface area contributed by atoms with Crippen molar-refractivity contribution in [1.82, 2.24) is 0 Å². The number of halogens is 2. The van der Waals surface area contributed by atoms with Crippen LogP contribution >= 0.6 is 0 Å². The first-order chi connectivity index (χ1) is 4.83. The van der Waals surface area contributed by atoms with Crippen LogP contribution in [0.3, 0.4) is 0 Å². The molecule has 0 aliphatic carbocycles. The second kappa shape index (κ2) is 115. The maximum atomic E-state index is 9.82. The Morgan fingerprint density at radius 2 is 1.00 bits per heavy atom. The van der Waals surface area contributed by atoms with Gasteiger partial charge < -0.3 is 7.43 Å². The zero-order valence-electron chi connectivity index (χ0n) is 10.3. The molecule has 0 nitrogen and oxygen atoms in total. The summed E-state index contributed by atoms with van der Waals surface area (Å²) in [4.78, 5) is 0. The summed E-state index contributed by atoms with van der Waals surface area (Å²) in [6.07, 6.45) is 8.76. The molecule has 0 bridgehead atoms. The monoisotopic (exact) mass is 553 g/mol. The molecule has 0 aromatic rings. The fourth-order valence-electron chi connectivity index (χ4n) is 0.354. The number of rotatable bonds is 2. The summed E-state index contributed by atoms with van der Waals surface area (Å²) in [5, 5.41) is 0. The molecule has 98 valence electrons. The summed E-state index contributed by atoms with van der Waals surface area (Å²) in [5.41, 5.74) is 0. The molecule has 0 aliphatic heterocycles. The van der Waals surface area contributed by atoms with Crippen LogP contribution in [0.2, 0.25) is 0 Å². The van der Waals surface area contributed by atoms with E-state index in [1.165, 1.54) is 19.3 Å². The van der Waals surface area contributed by atoms with Crippen LogP contribution in [0, 0.1) is 20.0 Å². The molecule has 0 saturated carbocycles. The van der Waals surface area contributed by atoms with Gasteiger partial charge in [-0.2, -0.15) is 0 Å². The molecule has 0 unspecified atom stereocenters. The van der Waals surface area contributed by atoms with Gasteiger partial charge in [0.1, 0.15) is 6.17 Å². The van der Waals surface area contributed by atoms with Gasteiger partial charge in [0.05, 0.1) is 7.18 Å². The van der Waals surface area contributed by atoms with E-state index in [0.717, 1.165) is 6.17 Å². The van der Waals surface area contributed by atoms with Gasteiger partial charge in [0.15, 0.2) is 0 Å². The average Bonchev–Trinajstić information content (AvgIpc) is 1.96. The molecule has 0 rings (SSSR count). The molecule has 6 heteroatoms. The molecule has 0 amide bonds. The third kappa shape index (κ3) is 185. The largest absolute Gasteiger partial charge is 0.358 e. The SMILES string of the molecule is C.C.C#CF.CCCCC.CF.[CH3-].[Y].[Y].[Y].[Y]. The van der Waals surface area contributed by atoms with Crippen molar-refractivity contribution in [2.45, 2.75) is 48.0 Å². The van der Waals surface area contributed by atoms with Crippen molar-refractivity contribution in [3.8, 4) is 12.6 Å². The minimum Gasteiger partial charge on any atom is -0.358 e. The van der Waals surface area contributed by atoms with Crippen LogP contribution in [0.15, 0.2) is 0 Å². The predicted octanol–water partition coefficient (Wildman–Crippen LogP) is 5.04. The second-order valence-corrected chi connectivity index (χ2v) is 1.46. The summed E-state index contributed by atoms with van der Waals surface area (Å²) < 4.78 is 19.3. The summed E-state index contributed by atoms with van der Waals surface area (Å²) in [6, 6.07) is 0. The van der Waals surface area contributed by atoms with Crippen molar-refractivity contribution >= 4 is 0 Å². The quantitative estimate of drug-likeness (QED) is 0.333. The summed E-state index contributed by atoms with van der Waals surface area (Å²) in [6.45, 7) is 4.42. The normalized spacial score (nSPS) is 3.29. The van der Waals surface area contributed by atoms with Crippen molar-refractivity contribution in [3.05, 3.63) is 7.43 Å². The van der Waals surface area contributed by atoms with Crippen LogP contribution in [0.1, 0.15) is 48.0 Å². The Kier molecular flexibility index (Phi) is 471. The summed E-state index contributed by atoms with van der Waals surface area (Å²) in [7, 11) is 0.500. The van der Waals surface area contributed by atoms with Gasteiger partial charge in [0.2, 0.25) is 0 Å². The van der Waals surface area contributed by atoms with Gasteiger partial charge in [-0.3, -0.25) is 4.39 Å². The van der Waals surface area contributed by atoms with Crippen LogP contribution < -0.4 is 0 Å². The molecule has 0 aliphatic rings. The molecular formula is C11H27F2Y4-. The fraction of sp³-hybridized carbons (Fsp3) is 0.727. The Labute approximate surface area is 210 Å². The van der Waals surface area contributed by atoms with Gasteiger partial charge in [0, 0.05) is 131 Å². The Morgan fingerprint density at radius 1 is 0.882 bits per heavy atom. The number of hydrogen-bond acceptors (Lipinski definition) is 0. The molecule has 0 saturated heterocycles. The molecule has 0 atom stereocenters. The van der Waals surface area contributed by atoms with Gasteiger partial charge in [-0.1, -0.05) is 54.4 Å². The van der Waals surface area contributed by atoms with E-state index < -0.39 is 0 Å². The van der Waals surface area contributed by atoms with Crippen molar-refractivity contribution in [2.24, 2.45) is 0 Å². The maximum absolute atomic E-state index is 9.82. The zero-order valence-corrected chi connectivity index (χ0v) is 21.6. The predicted molar refractivity (Wildman–Crippen MR) is 62.0 cm³/mol. The topological polar surface area (TPSA) is 0 Å². The zero-order chi connectivity index (χ0) is 8.83. The summed E-state index contributed by atoms with van der Waals surface area (Å²) >= 11 is 0. The Bertz CT molecular complexity index is 67.0. The van der Waals surface area contributed by atoms with Gasteiger partial charge in [-0.25, -0.2) is 0 Å². The van der Waals surface area contributed by atoms with Crippen LogP contribution in [0.5, 0.6) is 0 Å². The van der Waals surface area contributed by atoms with Crippen molar-refractivity contribution < 1.29 is 140 Å². The van der Waals surface area contributed by atoms with Gasteiger partial charge in [0.25, 0.3) is 0 Å². The molecule has 0 spiro atoms. The Hall–Kier alpha value is 3.84. The molecule has 0 aromatic heterocycles. The van der Waals surface area contributed by atoms with E-state index in [1.54, 1.807) is 0 Å². The van der Waals surface area contributed by atoms with E-state index in [1.807, 2.05) is 0 Å². The minimum absolute atomic E-state index is 0. The van der Waals surface area contributed by atoms with E-state index in [2.05, 4.69) is 20.3 Å². The van der Waals surface area contributed by atoms with Crippen molar-refractivity contribution in [1.29, 1.82) is 0 Å². The maximum Gasteiger partial charge on any atom is 0.102 e. The molecule has 0 aromatic carbocycles. The van der Waals surface area contributed by atoms with E-state index in [0.29, 0.717) is 7.18 Å². The standard InChI is InChI=1S/C5H12.C2HF.CH3F.2CH4.CH3.4Y/c1-3-5-4-2;1-2-3;1-2;;;;;;;/h3-5H2,1-2H3;1H;1H3;2*1H4;1H3;;;;/q;;;;;-1;;;;.